The third kappa shape index (κ3) is 3.76. The maximum atomic E-state index is 13.8. The maximum absolute atomic E-state index is 13.8. The molecule has 0 spiro atoms. The molecule has 3 atom stereocenters. The van der Waals surface area contributed by atoms with Crippen molar-refractivity contribution < 1.29 is 9.13 Å². The van der Waals surface area contributed by atoms with Crippen molar-refractivity contribution >= 4 is 0 Å². The number of benzene rings is 1. The first kappa shape index (κ1) is 16.3. The fraction of sp³-hybridized carbons (Fsp3) is 0.667. The molecule has 3 unspecified atom stereocenters. The zero-order valence-electron chi connectivity index (χ0n) is 13.7. The van der Waals surface area contributed by atoms with E-state index in [1.807, 2.05) is 6.07 Å². The molecule has 118 valence electrons. The first-order valence-electron chi connectivity index (χ1n) is 7.91. The van der Waals surface area contributed by atoms with Gasteiger partial charge in [-0.15, -0.1) is 0 Å². The van der Waals surface area contributed by atoms with Crippen LogP contribution in [0.1, 0.15) is 45.6 Å². The van der Waals surface area contributed by atoms with Gasteiger partial charge in [-0.1, -0.05) is 33.3 Å². The van der Waals surface area contributed by atoms with Crippen molar-refractivity contribution in [2.45, 2.75) is 52.5 Å². The first-order valence-corrected chi connectivity index (χ1v) is 7.91. The summed E-state index contributed by atoms with van der Waals surface area (Å²) in [4.78, 5) is 0. The van der Waals surface area contributed by atoms with E-state index < -0.39 is 0 Å². The van der Waals surface area contributed by atoms with Crippen LogP contribution < -0.4 is 10.5 Å². The highest BCUT2D eigenvalue weighted by Gasteiger charge is 2.37. The lowest BCUT2D eigenvalue weighted by Gasteiger charge is -2.43. The second-order valence-corrected chi connectivity index (χ2v) is 7.32. The van der Waals surface area contributed by atoms with Gasteiger partial charge in [0.1, 0.15) is 0 Å². The molecule has 0 aromatic heterocycles. The Morgan fingerprint density at radius 1 is 1.33 bits per heavy atom. The Kier molecular flexibility index (Phi) is 4.92. The molecule has 0 bridgehead atoms. The molecule has 1 saturated carbocycles. The Labute approximate surface area is 127 Å². The van der Waals surface area contributed by atoms with Gasteiger partial charge in [0.2, 0.25) is 0 Å². The second kappa shape index (κ2) is 6.35. The predicted molar refractivity (Wildman–Crippen MR) is 84.9 cm³/mol. The van der Waals surface area contributed by atoms with Crippen molar-refractivity contribution in [3.05, 3.63) is 29.6 Å². The number of methoxy groups -OCH3 is 1. The molecule has 1 aliphatic carbocycles. The summed E-state index contributed by atoms with van der Waals surface area (Å²) in [5.41, 5.74) is 7.49. The normalized spacial score (nSPS) is 26.7. The summed E-state index contributed by atoms with van der Waals surface area (Å²) in [5, 5.41) is 0. The van der Waals surface area contributed by atoms with Crippen molar-refractivity contribution in [3.8, 4) is 5.75 Å². The summed E-state index contributed by atoms with van der Waals surface area (Å²) in [5.74, 6) is 1.25. The Morgan fingerprint density at radius 3 is 2.62 bits per heavy atom. The Bertz CT molecular complexity index is 486. The Morgan fingerprint density at radius 2 is 2.05 bits per heavy atom. The SMILES string of the molecule is COc1ccc(CC(C)(C)C2CCC(C)CC2N)cc1F. The molecule has 0 radical (unpaired) electrons. The van der Waals surface area contributed by atoms with Crippen LogP contribution in [0.5, 0.6) is 5.75 Å². The third-order valence-electron chi connectivity index (χ3n) is 5.04. The van der Waals surface area contributed by atoms with E-state index in [2.05, 4.69) is 20.8 Å². The van der Waals surface area contributed by atoms with Crippen molar-refractivity contribution in [1.29, 1.82) is 0 Å². The van der Waals surface area contributed by atoms with Crippen molar-refractivity contribution in [1.82, 2.24) is 0 Å². The standard InChI is InChI=1S/C18H28FNO/c1-12-5-7-14(16(20)9-12)18(2,3)11-13-6-8-17(21-4)15(19)10-13/h6,8,10,12,14,16H,5,7,9,11,20H2,1-4H3. The van der Waals surface area contributed by atoms with Gasteiger partial charge in [-0.25, -0.2) is 4.39 Å². The molecule has 0 heterocycles. The molecule has 1 aromatic carbocycles. The molecule has 3 heteroatoms. The van der Waals surface area contributed by atoms with Crippen LogP contribution >= 0.6 is 0 Å². The van der Waals surface area contributed by atoms with E-state index in [9.17, 15) is 4.39 Å². The van der Waals surface area contributed by atoms with Gasteiger partial charge in [-0.05, 0) is 54.2 Å². The molecule has 1 aromatic rings. The van der Waals surface area contributed by atoms with E-state index in [0.717, 1.165) is 24.3 Å². The van der Waals surface area contributed by atoms with Gasteiger partial charge in [0.05, 0.1) is 7.11 Å². The van der Waals surface area contributed by atoms with Gasteiger partial charge in [0.15, 0.2) is 11.6 Å². The Hall–Kier alpha value is -1.09. The molecule has 2 rings (SSSR count). The topological polar surface area (TPSA) is 35.2 Å². The average molecular weight is 293 g/mol. The quantitative estimate of drug-likeness (QED) is 0.904. The number of hydrogen-bond acceptors (Lipinski definition) is 2. The van der Waals surface area contributed by atoms with Crippen LogP contribution in [0.2, 0.25) is 0 Å². The largest absolute Gasteiger partial charge is 0.494 e. The van der Waals surface area contributed by atoms with Crippen LogP contribution in [0.15, 0.2) is 18.2 Å². The van der Waals surface area contributed by atoms with E-state index in [4.69, 9.17) is 10.5 Å². The molecule has 2 N–H and O–H groups in total. The minimum atomic E-state index is -0.285. The predicted octanol–water partition coefficient (Wildman–Crippen LogP) is 4.17. The van der Waals surface area contributed by atoms with Gasteiger partial charge >= 0.3 is 0 Å². The maximum Gasteiger partial charge on any atom is 0.165 e. The molecular weight excluding hydrogens is 265 g/mol. The van der Waals surface area contributed by atoms with Gasteiger partial charge in [-0.2, -0.15) is 0 Å². The fourth-order valence-electron chi connectivity index (χ4n) is 3.87. The molecule has 1 fully saturated rings. The second-order valence-electron chi connectivity index (χ2n) is 7.32. The van der Waals surface area contributed by atoms with Gasteiger partial charge in [-0.3, -0.25) is 0 Å². The van der Waals surface area contributed by atoms with E-state index in [0.29, 0.717) is 11.7 Å². The zero-order valence-corrected chi connectivity index (χ0v) is 13.7. The molecule has 0 saturated heterocycles. The van der Waals surface area contributed by atoms with Crippen LogP contribution in [0, 0.1) is 23.1 Å². The summed E-state index contributed by atoms with van der Waals surface area (Å²) in [6.07, 6.45) is 4.37. The highest BCUT2D eigenvalue weighted by molar-refractivity contribution is 5.30. The molecule has 2 nitrogen and oxygen atoms in total. The lowest BCUT2D eigenvalue weighted by molar-refractivity contribution is 0.113. The first-order chi connectivity index (χ1) is 9.83. The van der Waals surface area contributed by atoms with Gasteiger partial charge in [0.25, 0.3) is 0 Å². The Balaban J connectivity index is 2.11. The van der Waals surface area contributed by atoms with E-state index >= 15 is 0 Å². The fourth-order valence-corrected chi connectivity index (χ4v) is 3.87. The summed E-state index contributed by atoms with van der Waals surface area (Å²) >= 11 is 0. The van der Waals surface area contributed by atoms with Gasteiger partial charge in [0, 0.05) is 6.04 Å². The zero-order chi connectivity index (χ0) is 15.6. The van der Waals surface area contributed by atoms with E-state index in [1.165, 1.54) is 20.0 Å². The van der Waals surface area contributed by atoms with Crippen molar-refractivity contribution in [3.63, 3.8) is 0 Å². The highest BCUT2D eigenvalue weighted by atomic mass is 19.1. The monoisotopic (exact) mass is 293 g/mol. The lowest BCUT2D eigenvalue weighted by atomic mass is 9.64. The summed E-state index contributed by atoms with van der Waals surface area (Å²) in [7, 11) is 1.49. The lowest BCUT2D eigenvalue weighted by Crippen LogP contribution is -2.44. The van der Waals surface area contributed by atoms with Crippen LogP contribution in [-0.2, 0) is 6.42 Å². The van der Waals surface area contributed by atoms with Crippen LogP contribution in [0.3, 0.4) is 0 Å². The number of ether oxygens (including phenoxy) is 1. The van der Waals surface area contributed by atoms with E-state index in [-0.39, 0.29) is 17.3 Å². The summed E-state index contributed by atoms with van der Waals surface area (Å²) in [6, 6.07) is 5.52. The van der Waals surface area contributed by atoms with Gasteiger partial charge < -0.3 is 10.5 Å². The number of hydrogen-bond donors (Lipinski definition) is 1. The molecule has 0 aliphatic heterocycles. The number of halogens is 1. The van der Waals surface area contributed by atoms with Crippen molar-refractivity contribution in [2.24, 2.45) is 23.0 Å². The van der Waals surface area contributed by atoms with Crippen LogP contribution in [0.25, 0.3) is 0 Å². The van der Waals surface area contributed by atoms with E-state index in [1.54, 1.807) is 12.1 Å². The average Bonchev–Trinajstić information content (AvgIpc) is 2.37. The van der Waals surface area contributed by atoms with Crippen LogP contribution in [-0.4, -0.2) is 13.2 Å². The minimum absolute atomic E-state index is 0.0839. The van der Waals surface area contributed by atoms with Crippen LogP contribution in [0.4, 0.5) is 4.39 Å². The highest BCUT2D eigenvalue weighted by Crippen LogP contribution is 2.41. The molecule has 0 amide bonds. The third-order valence-corrected chi connectivity index (χ3v) is 5.04. The number of rotatable bonds is 4. The van der Waals surface area contributed by atoms with Crippen molar-refractivity contribution in [2.75, 3.05) is 7.11 Å². The summed E-state index contributed by atoms with van der Waals surface area (Å²) in [6.45, 7) is 6.80. The number of nitrogens with two attached hydrogens (primary N) is 1. The molecule has 21 heavy (non-hydrogen) atoms. The molecular formula is C18H28FNO. The smallest absolute Gasteiger partial charge is 0.165 e. The molecule has 1 aliphatic rings. The minimum Gasteiger partial charge on any atom is -0.494 e. The summed E-state index contributed by atoms with van der Waals surface area (Å²) < 4.78 is 18.8.